The van der Waals surface area contributed by atoms with E-state index < -0.39 is 0 Å². The molecule has 1 aliphatic heterocycles. The summed E-state index contributed by atoms with van der Waals surface area (Å²) in [5.74, 6) is 0.290. The zero-order valence-corrected chi connectivity index (χ0v) is 10.4. The Morgan fingerprint density at radius 2 is 1.89 bits per heavy atom. The van der Waals surface area contributed by atoms with Gasteiger partial charge in [0.05, 0.1) is 19.1 Å². The number of hydrogen-bond acceptors (Lipinski definition) is 2. The highest BCUT2D eigenvalue weighted by Crippen LogP contribution is 2.31. The van der Waals surface area contributed by atoms with E-state index in [-0.39, 0.29) is 11.8 Å². The Labute approximate surface area is 108 Å². The van der Waals surface area contributed by atoms with Crippen molar-refractivity contribution in [3.05, 3.63) is 72.9 Å². The van der Waals surface area contributed by atoms with Gasteiger partial charge in [-0.3, -0.25) is 9.69 Å². The summed E-state index contributed by atoms with van der Waals surface area (Å²) in [6.45, 7) is 8.62. The lowest BCUT2D eigenvalue weighted by Crippen LogP contribution is -2.49. The van der Waals surface area contributed by atoms with E-state index in [9.17, 15) is 4.79 Å². The Kier molecular flexibility index (Phi) is 3.90. The second kappa shape index (κ2) is 5.61. The lowest BCUT2D eigenvalue weighted by molar-refractivity contribution is -0.130. The Morgan fingerprint density at radius 1 is 1.22 bits per heavy atom. The van der Waals surface area contributed by atoms with Gasteiger partial charge in [0.2, 0.25) is 0 Å². The molecule has 0 N–H and O–H groups in total. The molecule has 1 aliphatic rings. The van der Waals surface area contributed by atoms with Gasteiger partial charge in [-0.2, -0.15) is 0 Å². The number of hydrogen-bond donors (Lipinski definition) is 0. The van der Waals surface area contributed by atoms with Crippen molar-refractivity contribution < 1.29 is 4.79 Å². The van der Waals surface area contributed by atoms with Crippen LogP contribution in [0.4, 0.5) is 0 Å². The van der Waals surface area contributed by atoms with Gasteiger partial charge < -0.3 is 0 Å². The highest BCUT2D eigenvalue weighted by molar-refractivity contribution is 5.88. The zero-order chi connectivity index (χ0) is 13.0. The van der Waals surface area contributed by atoms with Gasteiger partial charge >= 0.3 is 0 Å². The van der Waals surface area contributed by atoms with Crippen LogP contribution in [0.25, 0.3) is 0 Å². The SMILES string of the molecule is C=C/C=C(\C=C)C(c1ccccc1)N1CC(=O)C1. The Balaban J connectivity index is 2.34. The average molecular weight is 239 g/mol. The maximum atomic E-state index is 11.2. The molecule has 0 aromatic heterocycles. The molecule has 2 nitrogen and oxygen atoms in total. The molecule has 0 amide bonds. The quantitative estimate of drug-likeness (QED) is 0.736. The molecule has 2 rings (SSSR count). The first-order valence-corrected chi connectivity index (χ1v) is 6.02. The molecule has 1 aromatic carbocycles. The molecule has 92 valence electrons. The number of rotatable bonds is 5. The van der Waals surface area contributed by atoms with E-state index in [0.717, 1.165) is 5.57 Å². The van der Waals surface area contributed by atoms with Crippen molar-refractivity contribution in [1.29, 1.82) is 0 Å². The topological polar surface area (TPSA) is 20.3 Å². The first-order chi connectivity index (χ1) is 8.76. The van der Waals surface area contributed by atoms with Gasteiger partial charge in [-0.05, 0) is 11.1 Å². The number of ketones is 1. The fourth-order valence-electron chi connectivity index (χ4n) is 2.25. The fraction of sp³-hybridized carbons (Fsp3) is 0.188. The van der Waals surface area contributed by atoms with Crippen molar-refractivity contribution in [3.63, 3.8) is 0 Å². The van der Waals surface area contributed by atoms with E-state index in [1.54, 1.807) is 6.08 Å². The van der Waals surface area contributed by atoms with E-state index in [4.69, 9.17) is 0 Å². The molecule has 0 saturated carbocycles. The number of Topliss-reactive ketones (excluding diaryl/α,β-unsaturated/α-hetero) is 1. The van der Waals surface area contributed by atoms with Crippen LogP contribution >= 0.6 is 0 Å². The molecule has 1 aromatic rings. The highest BCUT2D eigenvalue weighted by atomic mass is 16.1. The molecule has 0 aliphatic carbocycles. The molecular formula is C16H17NO. The second-order valence-corrected chi connectivity index (χ2v) is 4.36. The van der Waals surface area contributed by atoms with Gasteiger partial charge in [-0.1, -0.05) is 61.7 Å². The van der Waals surface area contributed by atoms with Crippen molar-refractivity contribution in [2.45, 2.75) is 6.04 Å². The third kappa shape index (κ3) is 2.49. The van der Waals surface area contributed by atoms with Crippen LogP contribution in [0.15, 0.2) is 67.3 Å². The summed E-state index contributed by atoms with van der Waals surface area (Å²) in [5, 5.41) is 0. The molecule has 1 unspecified atom stereocenters. The van der Waals surface area contributed by atoms with Gasteiger partial charge in [-0.25, -0.2) is 0 Å². The van der Waals surface area contributed by atoms with Gasteiger partial charge in [0.25, 0.3) is 0 Å². The van der Waals surface area contributed by atoms with Crippen LogP contribution in [0.3, 0.4) is 0 Å². The molecule has 18 heavy (non-hydrogen) atoms. The second-order valence-electron chi connectivity index (χ2n) is 4.36. The van der Waals surface area contributed by atoms with Gasteiger partial charge in [0.15, 0.2) is 5.78 Å². The van der Waals surface area contributed by atoms with Gasteiger partial charge in [0, 0.05) is 0 Å². The number of benzene rings is 1. The van der Waals surface area contributed by atoms with Crippen LogP contribution in [-0.4, -0.2) is 23.8 Å². The highest BCUT2D eigenvalue weighted by Gasteiger charge is 2.32. The molecule has 2 heteroatoms. The monoisotopic (exact) mass is 239 g/mol. The average Bonchev–Trinajstić information content (AvgIpc) is 2.37. The van der Waals surface area contributed by atoms with Crippen LogP contribution in [-0.2, 0) is 4.79 Å². The smallest absolute Gasteiger partial charge is 0.160 e. The summed E-state index contributed by atoms with van der Waals surface area (Å²) in [6, 6.07) is 10.3. The summed E-state index contributed by atoms with van der Waals surface area (Å²) in [7, 11) is 0. The summed E-state index contributed by atoms with van der Waals surface area (Å²) in [5.41, 5.74) is 2.25. The first-order valence-electron chi connectivity index (χ1n) is 6.02. The van der Waals surface area contributed by atoms with E-state index in [1.165, 1.54) is 5.56 Å². The first kappa shape index (κ1) is 12.5. The minimum Gasteiger partial charge on any atom is -0.297 e. The largest absolute Gasteiger partial charge is 0.297 e. The number of carbonyl (C=O) groups is 1. The minimum absolute atomic E-state index is 0.0967. The predicted molar refractivity (Wildman–Crippen MR) is 74.2 cm³/mol. The van der Waals surface area contributed by atoms with Crippen LogP contribution in [0.1, 0.15) is 11.6 Å². The van der Waals surface area contributed by atoms with E-state index in [2.05, 4.69) is 30.2 Å². The zero-order valence-electron chi connectivity index (χ0n) is 10.4. The van der Waals surface area contributed by atoms with Crippen molar-refractivity contribution in [3.8, 4) is 0 Å². The molecule has 1 saturated heterocycles. The van der Waals surface area contributed by atoms with Gasteiger partial charge in [-0.15, -0.1) is 0 Å². The van der Waals surface area contributed by atoms with Crippen molar-refractivity contribution in [1.82, 2.24) is 4.90 Å². The summed E-state index contributed by atoms with van der Waals surface area (Å²) in [4.78, 5) is 13.4. The normalized spacial score (nSPS) is 18.0. The Hall–Kier alpha value is -1.93. The Bertz CT molecular complexity index is 479. The summed E-state index contributed by atoms with van der Waals surface area (Å²) >= 11 is 0. The van der Waals surface area contributed by atoms with E-state index >= 15 is 0 Å². The Morgan fingerprint density at radius 3 is 2.39 bits per heavy atom. The van der Waals surface area contributed by atoms with Crippen molar-refractivity contribution in [2.75, 3.05) is 13.1 Å². The maximum Gasteiger partial charge on any atom is 0.160 e. The number of carbonyl (C=O) groups excluding carboxylic acids is 1. The van der Waals surface area contributed by atoms with Crippen LogP contribution in [0.2, 0.25) is 0 Å². The number of allylic oxidation sites excluding steroid dienone is 2. The number of likely N-dealkylation sites (tertiary alicyclic amines) is 1. The van der Waals surface area contributed by atoms with Crippen molar-refractivity contribution >= 4 is 5.78 Å². The molecule has 1 fully saturated rings. The maximum absolute atomic E-state index is 11.2. The van der Waals surface area contributed by atoms with E-state index in [1.807, 2.05) is 30.4 Å². The molecule has 0 radical (unpaired) electrons. The fourth-order valence-corrected chi connectivity index (χ4v) is 2.25. The van der Waals surface area contributed by atoms with Crippen LogP contribution < -0.4 is 0 Å². The summed E-state index contributed by atoms with van der Waals surface area (Å²) < 4.78 is 0. The molecule has 0 bridgehead atoms. The summed E-state index contributed by atoms with van der Waals surface area (Å²) in [6.07, 6.45) is 5.55. The molecule has 1 atom stereocenters. The number of nitrogens with zero attached hydrogens (tertiary/aromatic N) is 1. The lowest BCUT2D eigenvalue weighted by atomic mass is 9.93. The third-order valence-corrected chi connectivity index (χ3v) is 3.10. The minimum atomic E-state index is 0.0967. The lowest BCUT2D eigenvalue weighted by Gasteiger charge is -2.38. The standard InChI is InChI=1S/C16H17NO/c1-3-8-13(4-2)16(17-11-15(18)12-17)14-9-6-5-7-10-14/h3-10,16H,1-2,11-12H2/b13-8+. The van der Waals surface area contributed by atoms with E-state index in [0.29, 0.717) is 13.1 Å². The molecule has 0 spiro atoms. The van der Waals surface area contributed by atoms with Crippen molar-refractivity contribution in [2.24, 2.45) is 0 Å². The molecular weight excluding hydrogens is 222 g/mol. The predicted octanol–water partition coefficient (Wildman–Crippen LogP) is 2.91. The molecule has 1 heterocycles. The van der Waals surface area contributed by atoms with Crippen LogP contribution in [0, 0.1) is 0 Å². The van der Waals surface area contributed by atoms with Crippen LogP contribution in [0.5, 0.6) is 0 Å². The third-order valence-electron chi connectivity index (χ3n) is 3.10. The van der Waals surface area contributed by atoms with Gasteiger partial charge in [0.1, 0.15) is 0 Å².